The van der Waals surface area contributed by atoms with Crippen LogP contribution in [0.3, 0.4) is 0 Å². The molecule has 0 atom stereocenters. The second-order valence-electron chi connectivity index (χ2n) is 2.13. The van der Waals surface area contributed by atoms with Crippen molar-refractivity contribution in [1.29, 1.82) is 0 Å². The van der Waals surface area contributed by atoms with Crippen LogP contribution in [-0.4, -0.2) is 41.4 Å². The lowest BCUT2D eigenvalue weighted by molar-refractivity contribution is -0.404. The molecule has 13 heavy (non-hydrogen) atoms. The maximum absolute atomic E-state index is 10.1. The number of nitrogens with zero attached hydrogens (tertiary/aromatic N) is 1. The quantitative estimate of drug-likeness (QED) is 0.280. The van der Waals surface area contributed by atoms with Gasteiger partial charge in [0.2, 0.25) is 0 Å². The Morgan fingerprint density at radius 3 is 2.08 bits per heavy atom. The maximum atomic E-state index is 10.1. The van der Waals surface area contributed by atoms with Crippen molar-refractivity contribution in [3.8, 4) is 0 Å². The summed E-state index contributed by atoms with van der Waals surface area (Å²) in [7, 11) is 0. The lowest BCUT2D eigenvalue weighted by Gasteiger charge is -2.08. The van der Waals surface area contributed by atoms with E-state index in [-0.39, 0.29) is 32.1 Å². The molecule has 0 rings (SSSR count). The van der Waals surface area contributed by atoms with E-state index in [2.05, 4.69) is 10.6 Å². The predicted octanol–water partition coefficient (Wildman–Crippen LogP) is -1.77. The summed E-state index contributed by atoms with van der Waals surface area (Å²) in [5.41, 5.74) is 0. The number of hydrogen-bond acceptors (Lipinski definition) is 6. The highest BCUT2D eigenvalue weighted by atomic mass is 16.6. The van der Waals surface area contributed by atoms with Crippen molar-refractivity contribution >= 4 is 0 Å². The van der Waals surface area contributed by atoms with Gasteiger partial charge in [-0.2, -0.15) is 0 Å². The topological polar surface area (TPSA) is 108 Å². The third-order valence-corrected chi connectivity index (χ3v) is 1.09. The van der Waals surface area contributed by atoms with E-state index in [1.165, 1.54) is 0 Å². The molecule has 0 aromatic carbocycles. The summed E-state index contributed by atoms with van der Waals surface area (Å²) >= 11 is 0. The molecule has 0 aromatic rings. The molecule has 0 aliphatic rings. The van der Waals surface area contributed by atoms with Crippen molar-refractivity contribution in [1.82, 2.24) is 10.6 Å². The molecule has 0 spiro atoms. The Morgan fingerprint density at radius 2 is 1.77 bits per heavy atom. The van der Waals surface area contributed by atoms with Crippen molar-refractivity contribution in [3.05, 3.63) is 22.1 Å². The highest BCUT2D eigenvalue weighted by Gasteiger charge is 1.99. The first kappa shape index (κ1) is 11.7. The molecule has 4 N–H and O–H groups in total. The van der Waals surface area contributed by atoms with Gasteiger partial charge >= 0.3 is 0 Å². The summed E-state index contributed by atoms with van der Waals surface area (Å²) in [5.74, 6) is 0.174. The third kappa shape index (κ3) is 7.04. The Balaban J connectivity index is 3.94. The zero-order valence-electron chi connectivity index (χ0n) is 7.06. The molecule has 0 saturated heterocycles. The van der Waals surface area contributed by atoms with Gasteiger partial charge in [0.15, 0.2) is 5.82 Å². The fourth-order valence-corrected chi connectivity index (χ4v) is 0.640. The van der Waals surface area contributed by atoms with Crippen LogP contribution in [0.1, 0.15) is 0 Å². The fourth-order valence-electron chi connectivity index (χ4n) is 0.640. The molecular weight excluding hydrogens is 178 g/mol. The van der Waals surface area contributed by atoms with Gasteiger partial charge in [0.1, 0.15) is 0 Å². The van der Waals surface area contributed by atoms with E-state index in [0.29, 0.717) is 0 Å². The van der Waals surface area contributed by atoms with Gasteiger partial charge in [0.25, 0.3) is 6.20 Å². The highest BCUT2D eigenvalue weighted by molar-refractivity contribution is 4.91. The van der Waals surface area contributed by atoms with Crippen LogP contribution in [0, 0.1) is 10.1 Å². The summed E-state index contributed by atoms with van der Waals surface area (Å²) in [6.07, 6.45) is 0.741. The molecule has 0 unspecified atom stereocenters. The standard InChI is InChI=1S/C6H13N3O4/c10-3-1-7-6(5-9(12)13)8-2-4-11/h5,7-8,10-11H,1-4H2. The number of aliphatic hydroxyl groups excluding tert-OH is 2. The first-order valence-corrected chi connectivity index (χ1v) is 3.75. The molecule has 0 heterocycles. The first-order chi connectivity index (χ1) is 6.20. The average Bonchev–Trinajstić information content (AvgIpc) is 2.09. The van der Waals surface area contributed by atoms with E-state index in [4.69, 9.17) is 10.2 Å². The van der Waals surface area contributed by atoms with Crippen molar-refractivity contribution in [2.24, 2.45) is 0 Å². The molecule has 0 fully saturated rings. The molecule has 0 saturated carbocycles. The van der Waals surface area contributed by atoms with Crippen LogP contribution < -0.4 is 10.6 Å². The maximum Gasteiger partial charge on any atom is 0.274 e. The lowest BCUT2D eigenvalue weighted by atomic mass is 10.6. The summed E-state index contributed by atoms with van der Waals surface area (Å²) in [5, 5.41) is 32.1. The normalized spacial score (nSPS) is 9.08. The van der Waals surface area contributed by atoms with Gasteiger partial charge in [-0.05, 0) is 0 Å². The van der Waals surface area contributed by atoms with E-state index in [0.717, 1.165) is 6.20 Å². The van der Waals surface area contributed by atoms with Crippen LogP contribution in [0.2, 0.25) is 0 Å². The Bertz CT molecular complexity index is 173. The Kier molecular flexibility index (Phi) is 6.56. The number of aliphatic hydroxyl groups is 2. The van der Waals surface area contributed by atoms with Crippen LogP contribution in [0.5, 0.6) is 0 Å². The third-order valence-electron chi connectivity index (χ3n) is 1.09. The van der Waals surface area contributed by atoms with E-state index >= 15 is 0 Å². The molecule has 7 heteroatoms. The minimum absolute atomic E-state index is 0.115. The van der Waals surface area contributed by atoms with Crippen molar-refractivity contribution in [3.63, 3.8) is 0 Å². The van der Waals surface area contributed by atoms with Gasteiger partial charge < -0.3 is 20.8 Å². The van der Waals surface area contributed by atoms with Gasteiger partial charge in [0.05, 0.1) is 18.1 Å². The van der Waals surface area contributed by atoms with Crippen LogP contribution in [-0.2, 0) is 0 Å². The number of rotatable bonds is 7. The van der Waals surface area contributed by atoms with E-state index < -0.39 is 4.92 Å². The first-order valence-electron chi connectivity index (χ1n) is 3.75. The van der Waals surface area contributed by atoms with Crippen molar-refractivity contribution < 1.29 is 15.1 Å². The Morgan fingerprint density at radius 1 is 1.31 bits per heavy atom. The van der Waals surface area contributed by atoms with E-state index in [9.17, 15) is 10.1 Å². The zero-order chi connectivity index (χ0) is 10.1. The SMILES string of the molecule is O=[N+]([O-])C=C(NCCO)NCCO. The monoisotopic (exact) mass is 191 g/mol. The summed E-state index contributed by atoms with van der Waals surface area (Å²) in [6.45, 7) is 0.210. The summed E-state index contributed by atoms with van der Waals surface area (Å²) in [6, 6.07) is 0. The molecule has 0 radical (unpaired) electrons. The highest BCUT2D eigenvalue weighted by Crippen LogP contribution is 1.83. The van der Waals surface area contributed by atoms with Gasteiger partial charge in [0, 0.05) is 13.1 Å². The molecule has 76 valence electrons. The predicted molar refractivity (Wildman–Crippen MR) is 45.3 cm³/mol. The fraction of sp³-hybridized carbons (Fsp3) is 0.667. The van der Waals surface area contributed by atoms with E-state index in [1.807, 2.05) is 0 Å². The van der Waals surface area contributed by atoms with Crippen LogP contribution in [0.15, 0.2) is 12.0 Å². The second kappa shape index (κ2) is 7.32. The zero-order valence-corrected chi connectivity index (χ0v) is 7.06. The van der Waals surface area contributed by atoms with Gasteiger partial charge in [-0.1, -0.05) is 0 Å². The smallest absolute Gasteiger partial charge is 0.274 e. The van der Waals surface area contributed by atoms with Crippen LogP contribution in [0.25, 0.3) is 0 Å². The molecular formula is C6H13N3O4. The largest absolute Gasteiger partial charge is 0.395 e. The summed E-state index contributed by atoms with van der Waals surface area (Å²) < 4.78 is 0. The van der Waals surface area contributed by atoms with Crippen molar-refractivity contribution in [2.75, 3.05) is 26.3 Å². The molecule has 0 bridgehead atoms. The molecule has 0 aromatic heterocycles. The second-order valence-corrected chi connectivity index (χ2v) is 2.13. The molecule has 0 aliphatic carbocycles. The van der Waals surface area contributed by atoms with Crippen LogP contribution in [0.4, 0.5) is 0 Å². The lowest BCUT2D eigenvalue weighted by Crippen LogP contribution is -2.31. The van der Waals surface area contributed by atoms with Gasteiger partial charge in [-0.3, -0.25) is 10.1 Å². The molecule has 0 amide bonds. The van der Waals surface area contributed by atoms with Gasteiger partial charge in [-0.15, -0.1) is 0 Å². The average molecular weight is 191 g/mol. The summed E-state index contributed by atoms with van der Waals surface area (Å²) in [4.78, 5) is 9.44. The Labute approximate surface area is 75.2 Å². The van der Waals surface area contributed by atoms with Gasteiger partial charge in [-0.25, -0.2) is 0 Å². The minimum Gasteiger partial charge on any atom is -0.395 e. The Hall–Kier alpha value is -1.34. The molecule has 0 aliphatic heterocycles. The van der Waals surface area contributed by atoms with Crippen LogP contribution >= 0.6 is 0 Å². The minimum atomic E-state index is -0.621. The number of hydrogen-bond donors (Lipinski definition) is 4. The number of nitro groups is 1. The number of nitrogens with one attached hydrogen (secondary N) is 2. The molecule has 7 nitrogen and oxygen atoms in total. The van der Waals surface area contributed by atoms with E-state index in [1.54, 1.807) is 0 Å². The van der Waals surface area contributed by atoms with Crippen molar-refractivity contribution in [2.45, 2.75) is 0 Å².